The van der Waals surface area contributed by atoms with Crippen LogP contribution in [0.25, 0.3) is 0 Å². The van der Waals surface area contributed by atoms with Gasteiger partial charge in [-0.15, -0.1) is 12.3 Å². The summed E-state index contributed by atoms with van der Waals surface area (Å²) in [6.07, 6.45) is 8.04. The van der Waals surface area contributed by atoms with Gasteiger partial charge in [0.05, 0.1) is 0 Å². The average Bonchev–Trinajstić information content (AvgIpc) is 2.17. The van der Waals surface area contributed by atoms with Gasteiger partial charge in [-0.1, -0.05) is 6.92 Å². The summed E-state index contributed by atoms with van der Waals surface area (Å²) in [6, 6.07) is 0. The highest BCUT2D eigenvalue weighted by Gasteiger charge is 2.20. The molecule has 0 radical (unpaired) electrons. The second-order valence-electron chi connectivity index (χ2n) is 3.20. The second-order valence-corrected chi connectivity index (χ2v) is 3.20. The van der Waals surface area contributed by atoms with Crippen molar-refractivity contribution in [3.05, 3.63) is 0 Å². The molecule has 1 aliphatic heterocycles. The number of nitrogens with zero attached hydrogens (tertiary/aromatic N) is 1. The lowest BCUT2D eigenvalue weighted by Gasteiger charge is -2.30. The number of rotatable bonds is 1. The lowest BCUT2D eigenvalue weighted by Crippen LogP contribution is -2.39. The normalized spacial score (nSPS) is 23.3. The molecule has 0 aromatic carbocycles. The van der Waals surface area contributed by atoms with Crippen molar-refractivity contribution in [3.63, 3.8) is 0 Å². The van der Waals surface area contributed by atoms with E-state index in [-0.39, 0.29) is 11.8 Å². The van der Waals surface area contributed by atoms with Gasteiger partial charge in [0.2, 0.25) is 5.91 Å². The molecule has 66 valence electrons. The van der Waals surface area contributed by atoms with Gasteiger partial charge in [-0.3, -0.25) is 4.79 Å². The van der Waals surface area contributed by atoms with Crippen LogP contribution in [0.1, 0.15) is 26.2 Å². The largest absolute Gasteiger partial charge is 0.341 e. The highest BCUT2D eigenvalue weighted by atomic mass is 16.2. The quantitative estimate of drug-likeness (QED) is 0.536. The van der Waals surface area contributed by atoms with Gasteiger partial charge in [-0.25, -0.2) is 0 Å². The molecule has 0 aliphatic carbocycles. The first kappa shape index (κ1) is 9.12. The summed E-state index contributed by atoms with van der Waals surface area (Å²) in [6.45, 7) is 3.55. The van der Waals surface area contributed by atoms with Crippen molar-refractivity contribution in [2.45, 2.75) is 26.2 Å². The number of terminal acetylenes is 1. The highest BCUT2D eigenvalue weighted by molar-refractivity contribution is 5.75. The van der Waals surface area contributed by atoms with E-state index in [2.05, 4.69) is 5.92 Å². The maximum atomic E-state index is 11.3. The third-order valence-corrected chi connectivity index (χ3v) is 2.31. The van der Waals surface area contributed by atoms with Crippen LogP contribution in [-0.4, -0.2) is 23.9 Å². The van der Waals surface area contributed by atoms with Gasteiger partial charge < -0.3 is 4.90 Å². The Balaban J connectivity index is 2.47. The molecule has 1 rings (SSSR count). The van der Waals surface area contributed by atoms with Gasteiger partial charge in [0.25, 0.3) is 0 Å². The highest BCUT2D eigenvalue weighted by Crippen LogP contribution is 2.15. The third-order valence-electron chi connectivity index (χ3n) is 2.31. The van der Waals surface area contributed by atoms with Crippen LogP contribution in [0.3, 0.4) is 0 Å². The summed E-state index contributed by atoms with van der Waals surface area (Å²) < 4.78 is 0. The molecule has 0 N–H and O–H groups in total. The monoisotopic (exact) mass is 165 g/mol. The molecule has 12 heavy (non-hydrogen) atoms. The molecule has 0 aromatic rings. The van der Waals surface area contributed by atoms with Crippen LogP contribution in [-0.2, 0) is 4.79 Å². The fourth-order valence-electron chi connectivity index (χ4n) is 1.56. The molecule has 1 aliphatic rings. The Bertz CT molecular complexity index is 204. The SMILES string of the molecule is C#CC1CCCN(C(=O)CC)C1. The lowest BCUT2D eigenvalue weighted by molar-refractivity contribution is -0.132. The summed E-state index contributed by atoms with van der Waals surface area (Å²) in [4.78, 5) is 13.2. The van der Waals surface area contributed by atoms with Crippen molar-refractivity contribution in [1.29, 1.82) is 0 Å². The Kier molecular flexibility index (Phi) is 3.16. The lowest BCUT2D eigenvalue weighted by atomic mass is 9.99. The first-order chi connectivity index (χ1) is 5.77. The van der Waals surface area contributed by atoms with Crippen LogP contribution in [0.5, 0.6) is 0 Å². The van der Waals surface area contributed by atoms with E-state index in [1.165, 1.54) is 0 Å². The first-order valence-corrected chi connectivity index (χ1v) is 4.51. The fourth-order valence-corrected chi connectivity index (χ4v) is 1.56. The third kappa shape index (κ3) is 2.01. The van der Waals surface area contributed by atoms with Crippen LogP contribution in [0, 0.1) is 18.3 Å². The molecular formula is C10H15NO. The first-order valence-electron chi connectivity index (χ1n) is 4.51. The Morgan fingerprint density at radius 3 is 3.08 bits per heavy atom. The second kappa shape index (κ2) is 4.15. The Morgan fingerprint density at radius 1 is 1.75 bits per heavy atom. The summed E-state index contributed by atoms with van der Waals surface area (Å²) in [5, 5.41) is 0. The van der Waals surface area contributed by atoms with Crippen LogP contribution >= 0.6 is 0 Å². The minimum atomic E-state index is 0.231. The molecule has 0 bridgehead atoms. The topological polar surface area (TPSA) is 20.3 Å². The van der Waals surface area contributed by atoms with Crippen LogP contribution in [0.4, 0.5) is 0 Å². The molecule has 0 spiro atoms. The number of carbonyl (C=O) groups excluding carboxylic acids is 1. The van der Waals surface area contributed by atoms with Crippen molar-refractivity contribution in [2.24, 2.45) is 5.92 Å². The number of hydrogen-bond acceptors (Lipinski definition) is 1. The van der Waals surface area contributed by atoms with E-state index >= 15 is 0 Å². The van der Waals surface area contributed by atoms with Gasteiger partial charge in [0.15, 0.2) is 0 Å². The zero-order chi connectivity index (χ0) is 8.97. The summed E-state index contributed by atoms with van der Waals surface area (Å²) >= 11 is 0. The van der Waals surface area contributed by atoms with E-state index in [1.54, 1.807) is 0 Å². The zero-order valence-electron chi connectivity index (χ0n) is 7.55. The molecule has 1 amide bonds. The van der Waals surface area contributed by atoms with E-state index in [1.807, 2.05) is 11.8 Å². The number of likely N-dealkylation sites (tertiary alicyclic amines) is 1. The zero-order valence-corrected chi connectivity index (χ0v) is 7.55. The minimum absolute atomic E-state index is 0.231. The van der Waals surface area contributed by atoms with Gasteiger partial charge in [-0.2, -0.15) is 0 Å². The molecule has 0 saturated carbocycles. The van der Waals surface area contributed by atoms with Crippen molar-refractivity contribution in [1.82, 2.24) is 4.90 Å². The molecule has 0 aromatic heterocycles. The molecule has 1 saturated heterocycles. The van der Waals surface area contributed by atoms with Crippen molar-refractivity contribution in [2.75, 3.05) is 13.1 Å². The van der Waals surface area contributed by atoms with E-state index in [0.29, 0.717) is 6.42 Å². The van der Waals surface area contributed by atoms with Crippen LogP contribution in [0.2, 0.25) is 0 Å². The van der Waals surface area contributed by atoms with E-state index in [9.17, 15) is 4.79 Å². The molecule has 2 nitrogen and oxygen atoms in total. The van der Waals surface area contributed by atoms with Crippen molar-refractivity contribution >= 4 is 5.91 Å². The van der Waals surface area contributed by atoms with Crippen LogP contribution in [0.15, 0.2) is 0 Å². The Hall–Kier alpha value is -0.970. The van der Waals surface area contributed by atoms with Gasteiger partial charge >= 0.3 is 0 Å². The van der Waals surface area contributed by atoms with Crippen molar-refractivity contribution < 1.29 is 4.79 Å². The van der Waals surface area contributed by atoms with Crippen molar-refractivity contribution in [3.8, 4) is 12.3 Å². The predicted octanol–water partition coefficient (Wildman–Crippen LogP) is 1.27. The minimum Gasteiger partial charge on any atom is -0.341 e. The standard InChI is InChI=1S/C10H15NO/c1-3-9-6-5-7-11(8-9)10(12)4-2/h1,9H,4-8H2,2H3. The summed E-state index contributed by atoms with van der Waals surface area (Å²) in [5.74, 6) is 3.24. The molecule has 1 unspecified atom stereocenters. The van der Waals surface area contributed by atoms with Gasteiger partial charge in [-0.05, 0) is 12.8 Å². The van der Waals surface area contributed by atoms with E-state index in [4.69, 9.17) is 6.42 Å². The van der Waals surface area contributed by atoms with E-state index in [0.717, 1.165) is 25.9 Å². The molecule has 1 heterocycles. The molecule has 1 atom stereocenters. The van der Waals surface area contributed by atoms with Gasteiger partial charge in [0, 0.05) is 25.4 Å². The predicted molar refractivity (Wildman–Crippen MR) is 48.4 cm³/mol. The van der Waals surface area contributed by atoms with Gasteiger partial charge in [0.1, 0.15) is 0 Å². The number of hydrogen-bond donors (Lipinski definition) is 0. The summed E-state index contributed by atoms with van der Waals surface area (Å²) in [7, 11) is 0. The number of piperidine rings is 1. The Morgan fingerprint density at radius 2 is 2.50 bits per heavy atom. The Labute approximate surface area is 73.9 Å². The molecular weight excluding hydrogens is 150 g/mol. The summed E-state index contributed by atoms with van der Waals surface area (Å²) in [5.41, 5.74) is 0. The van der Waals surface area contributed by atoms with E-state index < -0.39 is 0 Å². The van der Waals surface area contributed by atoms with Crippen LogP contribution < -0.4 is 0 Å². The maximum Gasteiger partial charge on any atom is 0.222 e. The fraction of sp³-hybridized carbons (Fsp3) is 0.700. The number of amides is 1. The smallest absolute Gasteiger partial charge is 0.222 e. The molecule has 1 fully saturated rings. The molecule has 2 heteroatoms. The maximum absolute atomic E-state index is 11.3. The average molecular weight is 165 g/mol. The number of carbonyl (C=O) groups is 1.